The summed E-state index contributed by atoms with van der Waals surface area (Å²) in [5.41, 5.74) is 0. The Morgan fingerprint density at radius 3 is 2.73 bits per heavy atom. The van der Waals surface area contributed by atoms with Gasteiger partial charge in [0.15, 0.2) is 5.96 Å². The zero-order valence-corrected chi connectivity index (χ0v) is 13.6. The van der Waals surface area contributed by atoms with E-state index in [0.717, 1.165) is 49.7 Å². The first-order valence-electron chi connectivity index (χ1n) is 8.56. The molecule has 1 aromatic heterocycles. The standard InChI is InChI=1S/C17H28N4O/c1-18-17(19-9-8-16-3-2-12-22-16)20-10-11-21(15-6-7-15)13-14-4-5-14/h2-3,12,14-15H,4-11,13H2,1H3,(H2,18,19,20). The van der Waals surface area contributed by atoms with Crippen LogP contribution in [0.25, 0.3) is 0 Å². The van der Waals surface area contributed by atoms with Gasteiger partial charge in [-0.05, 0) is 43.7 Å². The summed E-state index contributed by atoms with van der Waals surface area (Å²) in [6.45, 7) is 4.22. The highest BCUT2D eigenvalue weighted by atomic mass is 16.3. The van der Waals surface area contributed by atoms with E-state index in [1.165, 1.54) is 32.2 Å². The summed E-state index contributed by atoms with van der Waals surface area (Å²) in [5.74, 6) is 2.87. The van der Waals surface area contributed by atoms with E-state index in [4.69, 9.17) is 4.42 Å². The molecule has 0 bridgehead atoms. The molecular weight excluding hydrogens is 276 g/mol. The third kappa shape index (κ3) is 5.05. The second kappa shape index (κ2) is 7.68. The van der Waals surface area contributed by atoms with Crippen LogP contribution in [-0.4, -0.2) is 50.1 Å². The lowest BCUT2D eigenvalue weighted by molar-refractivity contribution is 0.256. The Morgan fingerprint density at radius 2 is 2.09 bits per heavy atom. The smallest absolute Gasteiger partial charge is 0.191 e. The number of aliphatic imine (C=N–C) groups is 1. The minimum absolute atomic E-state index is 0.835. The number of hydrogen-bond acceptors (Lipinski definition) is 3. The lowest BCUT2D eigenvalue weighted by Crippen LogP contribution is -2.43. The Labute approximate surface area is 133 Å². The molecule has 1 heterocycles. The molecule has 2 fully saturated rings. The maximum atomic E-state index is 5.33. The van der Waals surface area contributed by atoms with Gasteiger partial charge in [-0.1, -0.05) is 0 Å². The van der Waals surface area contributed by atoms with Crippen molar-refractivity contribution in [1.82, 2.24) is 15.5 Å². The quantitative estimate of drug-likeness (QED) is 0.540. The first kappa shape index (κ1) is 15.4. The van der Waals surface area contributed by atoms with Crippen molar-refractivity contribution in [2.24, 2.45) is 10.9 Å². The van der Waals surface area contributed by atoms with E-state index in [1.54, 1.807) is 6.26 Å². The minimum atomic E-state index is 0.835. The van der Waals surface area contributed by atoms with Gasteiger partial charge in [0.1, 0.15) is 5.76 Å². The number of hydrogen-bond donors (Lipinski definition) is 2. The zero-order chi connectivity index (χ0) is 15.2. The third-order valence-electron chi connectivity index (χ3n) is 4.41. The van der Waals surface area contributed by atoms with Crippen molar-refractivity contribution < 1.29 is 4.42 Å². The molecule has 2 N–H and O–H groups in total. The van der Waals surface area contributed by atoms with Gasteiger partial charge >= 0.3 is 0 Å². The van der Waals surface area contributed by atoms with Gasteiger partial charge in [-0.2, -0.15) is 0 Å². The molecule has 0 unspecified atom stereocenters. The fraction of sp³-hybridized carbons (Fsp3) is 0.706. The minimum Gasteiger partial charge on any atom is -0.469 e. The van der Waals surface area contributed by atoms with Crippen LogP contribution in [0.3, 0.4) is 0 Å². The maximum Gasteiger partial charge on any atom is 0.191 e. The Balaban J connectivity index is 1.31. The summed E-state index contributed by atoms with van der Waals surface area (Å²) < 4.78 is 5.33. The molecular formula is C17H28N4O. The van der Waals surface area contributed by atoms with Crippen molar-refractivity contribution in [2.45, 2.75) is 38.1 Å². The normalized spacial score (nSPS) is 18.7. The summed E-state index contributed by atoms with van der Waals surface area (Å²) in [7, 11) is 1.82. The van der Waals surface area contributed by atoms with Gasteiger partial charge in [-0.3, -0.25) is 9.89 Å². The van der Waals surface area contributed by atoms with Crippen LogP contribution in [0, 0.1) is 5.92 Å². The van der Waals surface area contributed by atoms with Gasteiger partial charge in [0.2, 0.25) is 0 Å². The van der Waals surface area contributed by atoms with Crippen LogP contribution in [-0.2, 0) is 6.42 Å². The lowest BCUT2D eigenvalue weighted by Gasteiger charge is -2.22. The van der Waals surface area contributed by atoms with Crippen molar-refractivity contribution in [3.8, 4) is 0 Å². The molecule has 2 saturated carbocycles. The first-order chi connectivity index (χ1) is 10.8. The summed E-state index contributed by atoms with van der Waals surface area (Å²) in [6, 6.07) is 4.79. The van der Waals surface area contributed by atoms with E-state index in [0.29, 0.717) is 0 Å². The van der Waals surface area contributed by atoms with Crippen molar-refractivity contribution in [1.29, 1.82) is 0 Å². The summed E-state index contributed by atoms with van der Waals surface area (Å²) >= 11 is 0. The van der Waals surface area contributed by atoms with Gasteiger partial charge in [0.05, 0.1) is 6.26 Å². The van der Waals surface area contributed by atoms with Crippen molar-refractivity contribution in [3.63, 3.8) is 0 Å². The van der Waals surface area contributed by atoms with Crippen molar-refractivity contribution in [2.75, 3.05) is 33.2 Å². The molecule has 0 aliphatic heterocycles. The molecule has 5 heteroatoms. The van der Waals surface area contributed by atoms with E-state index >= 15 is 0 Å². The number of guanidine groups is 1. The largest absolute Gasteiger partial charge is 0.469 e. The van der Waals surface area contributed by atoms with E-state index in [1.807, 2.05) is 19.2 Å². The van der Waals surface area contributed by atoms with Gasteiger partial charge in [0, 0.05) is 45.7 Å². The molecule has 0 aromatic carbocycles. The van der Waals surface area contributed by atoms with E-state index in [9.17, 15) is 0 Å². The highest BCUT2D eigenvalue weighted by Crippen LogP contribution is 2.34. The fourth-order valence-electron chi connectivity index (χ4n) is 2.79. The van der Waals surface area contributed by atoms with Crippen molar-refractivity contribution >= 4 is 5.96 Å². The van der Waals surface area contributed by atoms with Gasteiger partial charge in [-0.15, -0.1) is 0 Å². The Morgan fingerprint density at radius 1 is 1.27 bits per heavy atom. The Hall–Kier alpha value is -1.49. The molecule has 0 atom stereocenters. The lowest BCUT2D eigenvalue weighted by atomic mass is 10.3. The van der Waals surface area contributed by atoms with Gasteiger partial charge < -0.3 is 15.1 Å². The highest BCUT2D eigenvalue weighted by molar-refractivity contribution is 5.79. The molecule has 5 nitrogen and oxygen atoms in total. The topological polar surface area (TPSA) is 52.8 Å². The monoisotopic (exact) mass is 304 g/mol. The second-order valence-electron chi connectivity index (χ2n) is 6.42. The summed E-state index contributed by atoms with van der Waals surface area (Å²) in [4.78, 5) is 6.95. The third-order valence-corrected chi connectivity index (χ3v) is 4.41. The van der Waals surface area contributed by atoms with Crippen LogP contribution in [0.1, 0.15) is 31.4 Å². The fourth-order valence-corrected chi connectivity index (χ4v) is 2.79. The van der Waals surface area contributed by atoms with E-state index < -0.39 is 0 Å². The van der Waals surface area contributed by atoms with Crippen LogP contribution in [0.5, 0.6) is 0 Å². The predicted molar refractivity (Wildman–Crippen MR) is 89.1 cm³/mol. The average Bonchev–Trinajstić information content (AvgIpc) is 3.45. The molecule has 22 heavy (non-hydrogen) atoms. The van der Waals surface area contributed by atoms with Gasteiger partial charge in [0.25, 0.3) is 0 Å². The highest BCUT2D eigenvalue weighted by Gasteiger charge is 2.33. The number of nitrogens with zero attached hydrogens (tertiary/aromatic N) is 2. The summed E-state index contributed by atoms with van der Waals surface area (Å²) in [5, 5.41) is 6.76. The summed E-state index contributed by atoms with van der Waals surface area (Å²) in [6.07, 6.45) is 8.25. The molecule has 0 saturated heterocycles. The Kier molecular flexibility index (Phi) is 5.38. The SMILES string of the molecule is CN=C(NCCc1ccco1)NCCN(CC1CC1)C1CC1. The van der Waals surface area contributed by atoms with Crippen molar-refractivity contribution in [3.05, 3.63) is 24.2 Å². The maximum absolute atomic E-state index is 5.33. The molecule has 0 radical (unpaired) electrons. The molecule has 1 aromatic rings. The second-order valence-corrected chi connectivity index (χ2v) is 6.42. The average molecular weight is 304 g/mol. The van der Waals surface area contributed by atoms with Crippen LogP contribution >= 0.6 is 0 Å². The molecule has 2 aliphatic carbocycles. The molecule has 0 spiro atoms. The Bertz CT molecular complexity index is 463. The number of rotatable bonds is 9. The van der Waals surface area contributed by atoms with Crippen LogP contribution in [0.4, 0.5) is 0 Å². The van der Waals surface area contributed by atoms with E-state index in [2.05, 4.69) is 20.5 Å². The first-order valence-corrected chi connectivity index (χ1v) is 8.56. The number of nitrogens with one attached hydrogen (secondary N) is 2. The molecule has 3 rings (SSSR count). The number of furan rings is 1. The van der Waals surface area contributed by atoms with Crippen LogP contribution in [0.15, 0.2) is 27.8 Å². The molecule has 0 amide bonds. The van der Waals surface area contributed by atoms with E-state index in [-0.39, 0.29) is 0 Å². The molecule has 122 valence electrons. The van der Waals surface area contributed by atoms with Crippen LogP contribution < -0.4 is 10.6 Å². The zero-order valence-electron chi connectivity index (χ0n) is 13.6. The van der Waals surface area contributed by atoms with Crippen LogP contribution in [0.2, 0.25) is 0 Å². The predicted octanol–water partition coefficient (Wildman–Crippen LogP) is 1.86. The van der Waals surface area contributed by atoms with Gasteiger partial charge in [-0.25, -0.2) is 0 Å². The molecule has 2 aliphatic rings.